The molecule has 1 heterocycles. The maximum Gasteiger partial charge on any atom is 0.266 e. The van der Waals surface area contributed by atoms with Crippen LogP contribution in [0.25, 0.3) is 0 Å². The summed E-state index contributed by atoms with van der Waals surface area (Å²) in [5.74, 6) is -3.99. The van der Waals surface area contributed by atoms with Crippen molar-refractivity contribution in [2.45, 2.75) is 0 Å². The molecular formula is C14H7BrF2N2O2. The number of imide groups is 1. The van der Waals surface area contributed by atoms with Gasteiger partial charge in [-0.05, 0) is 30.3 Å². The third-order valence-electron chi connectivity index (χ3n) is 3.17. The quantitative estimate of drug-likeness (QED) is 0.633. The summed E-state index contributed by atoms with van der Waals surface area (Å²) < 4.78 is 27.9. The third-order valence-corrected chi connectivity index (χ3v) is 3.67. The second-order valence-electron chi connectivity index (χ2n) is 4.43. The Balaban J connectivity index is 2.21. The van der Waals surface area contributed by atoms with Crippen molar-refractivity contribution < 1.29 is 18.4 Å². The predicted molar refractivity (Wildman–Crippen MR) is 76.1 cm³/mol. The van der Waals surface area contributed by atoms with Crippen LogP contribution >= 0.6 is 15.9 Å². The third kappa shape index (κ3) is 1.92. The molecule has 0 spiro atoms. The van der Waals surface area contributed by atoms with Crippen LogP contribution in [0.1, 0.15) is 20.7 Å². The van der Waals surface area contributed by atoms with E-state index in [0.29, 0.717) is 9.37 Å². The molecule has 2 N–H and O–H groups in total. The fraction of sp³-hybridized carbons (Fsp3) is 0. The van der Waals surface area contributed by atoms with E-state index in [4.69, 9.17) is 5.73 Å². The van der Waals surface area contributed by atoms with Crippen LogP contribution in [0.15, 0.2) is 34.8 Å². The second-order valence-corrected chi connectivity index (χ2v) is 5.35. The Bertz CT molecular complexity index is 808. The summed E-state index contributed by atoms with van der Waals surface area (Å²) in [6, 6.07) is 6.41. The van der Waals surface area contributed by atoms with E-state index in [9.17, 15) is 18.4 Å². The van der Waals surface area contributed by atoms with Gasteiger partial charge in [-0.25, -0.2) is 13.7 Å². The molecule has 1 aliphatic rings. The van der Waals surface area contributed by atoms with Crippen molar-refractivity contribution in [1.29, 1.82) is 0 Å². The lowest BCUT2D eigenvalue weighted by Crippen LogP contribution is -2.31. The van der Waals surface area contributed by atoms with Gasteiger partial charge in [0.05, 0.1) is 16.8 Å². The Morgan fingerprint density at radius 3 is 2.38 bits per heavy atom. The molecule has 2 amide bonds. The molecule has 0 radical (unpaired) electrons. The summed E-state index contributed by atoms with van der Waals surface area (Å²) in [5, 5.41) is 0. The van der Waals surface area contributed by atoms with Crippen LogP contribution in [-0.2, 0) is 0 Å². The summed E-state index contributed by atoms with van der Waals surface area (Å²) in [7, 11) is 0. The normalized spacial score (nSPS) is 13.8. The van der Waals surface area contributed by atoms with Gasteiger partial charge in [0.1, 0.15) is 5.69 Å². The highest BCUT2D eigenvalue weighted by atomic mass is 79.9. The van der Waals surface area contributed by atoms with E-state index in [0.717, 1.165) is 12.1 Å². The molecule has 4 nitrogen and oxygen atoms in total. The van der Waals surface area contributed by atoms with E-state index >= 15 is 0 Å². The number of rotatable bonds is 1. The standard InChI is InChI=1S/C14H7BrF2N2O2/c15-6-1-2-7-8(5-6)14(21)19(13(7)20)12-10(18)4-3-9(16)11(12)17/h1-5H,18H2. The Kier molecular flexibility index (Phi) is 3.02. The number of nitrogens with two attached hydrogens (primary N) is 1. The van der Waals surface area contributed by atoms with E-state index in [2.05, 4.69) is 15.9 Å². The van der Waals surface area contributed by atoms with Crippen LogP contribution in [0, 0.1) is 11.6 Å². The minimum atomic E-state index is -1.33. The average molecular weight is 353 g/mol. The molecule has 21 heavy (non-hydrogen) atoms. The largest absolute Gasteiger partial charge is 0.397 e. The number of amides is 2. The number of carbonyl (C=O) groups excluding carboxylic acids is 2. The fourth-order valence-electron chi connectivity index (χ4n) is 2.20. The lowest BCUT2D eigenvalue weighted by atomic mass is 10.1. The van der Waals surface area contributed by atoms with Crippen molar-refractivity contribution in [2.75, 3.05) is 10.6 Å². The van der Waals surface area contributed by atoms with Gasteiger partial charge in [-0.1, -0.05) is 15.9 Å². The monoisotopic (exact) mass is 352 g/mol. The first kappa shape index (κ1) is 13.7. The van der Waals surface area contributed by atoms with Gasteiger partial charge in [-0.15, -0.1) is 0 Å². The van der Waals surface area contributed by atoms with E-state index < -0.39 is 29.1 Å². The molecule has 0 unspecified atom stereocenters. The Morgan fingerprint density at radius 2 is 1.67 bits per heavy atom. The van der Waals surface area contributed by atoms with Crippen LogP contribution in [0.2, 0.25) is 0 Å². The first-order valence-electron chi connectivity index (χ1n) is 5.83. The van der Waals surface area contributed by atoms with Gasteiger partial charge in [-0.2, -0.15) is 0 Å². The van der Waals surface area contributed by atoms with Crippen molar-refractivity contribution in [3.8, 4) is 0 Å². The Morgan fingerprint density at radius 1 is 1.00 bits per heavy atom. The highest BCUT2D eigenvalue weighted by Crippen LogP contribution is 2.35. The van der Waals surface area contributed by atoms with Crippen LogP contribution in [0.5, 0.6) is 0 Å². The minimum Gasteiger partial charge on any atom is -0.397 e. The molecule has 0 saturated heterocycles. The van der Waals surface area contributed by atoms with Gasteiger partial charge < -0.3 is 5.73 Å². The minimum absolute atomic E-state index is 0.109. The zero-order valence-corrected chi connectivity index (χ0v) is 11.9. The summed E-state index contributed by atoms with van der Waals surface area (Å²) in [5.41, 5.74) is 5.07. The van der Waals surface area contributed by atoms with E-state index in [1.54, 1.807) is 6.07 Å². The SMILES string of the molecule is Nc1ccc(F)c(F)c1N1C(=O)c2ccc(Br)cc2C1=O. The first-order chi connectivity index (χ1) is 9.91. The van der Waals surface area contributed by atoms with Crippen LogP contribution in [-0.4, -0.2) is 11.8 Å². The Labute approximate surface area is 126 Å². The van der Waals surface area contributed by atoms with Crippen LogP contribution in [0.4, 0.5) is 20.2 Å². The molecule has 2 aromatic carbocycles. The van der Waals surface area contributed by atoms with E-state index in [-0.39, 0.29) is 16.8 Å². The molecule has 7 heteroatoms. The zero-order valence-electron chi connectivity index (χ0n) is 10.4. The van der Waals surface area contributed by atoms with Crippen LogP contribution < -0.4 is 10.6 Å². The fourth-order valence-corrected chi connectivity index (χ4v) is 2.56. The first-order valence-corrected chi connectivity index (χ1v) is 6.63. The molecule has 0 bridgehead atoms. The topological polar surface area (TPSA) is 63.4 Å². The molecule has 0 saturated carbocycles. The number of hydrogen-bond donors (Lipinski definition) is 1. The number of hydrogen-bond acceptors (Lipinski definition) is 3. The smallest absolute Gasteiger partial charge is 0.266 e. The average Bonchev–Trinajstić information content (AvgIpc) is 2.68. The number of nitrogens with zero attached hydrogens (tertiary/aromatic N) is 1. The van der Waals surface area contributed by atoms with E-state index in [1.165, 1.54) is 12.1 Å². The number of fused-ring (bicyclic) bond motifs is 1. The van der Waals surface area contributed by atoms with Gasteiger partial charge in [0.2, 0.25) is 0 Å². The van der Waals surface area contributed by atoms with Gasteiger partial charge in [0.15, 0.2) is 11.6 Å². The predicted octanol–water partition coefficient (Wildman–Crippen LogP) is 3.11. The summed E-state index contributed by atoms with van der Waals surface area (Å²) in [6.07, 6.45) is 0. The molecule has 0 aromatic heterocycles. The van der Waals surface area contributed by atoms with Gasteiger partial charge in [0.25, 0.3) is 11.8 Å². The van der Waals surface area contributed by atoms with Crippen molar-refractivity contribution >= 4 is 39.1 Å². The van der Waals surface area contributed by atoms with Crippen molar-refractivity contribution in [3.05, 3.63) is 57.6 Å². The van der Waals surface area contributed by atoms with Gasteiger partial charge in [-0.3, -0.25) is 9.59 Å². The molecule has 0 fully saturated rings. The summed E-state index contributed by atoms with van der Waals surface area (Å²) in [6.45, 7) is 0. The van der Waals surface area contributed by atoms with Gasteiger partial charge in [0, 0.05) is 4.47 Å². The molecule has 106 valence electrons. The van der Waals surface area contributed by atoms with Crippen molar-refractivity contribution in [3.63, 3.8) is 0 Å². The summed E-state index contributed by atoms with van der Waals surface area (Å²) in [4.78, 5) is 25.2. The Hall–Kier alpha value is -2.28. The highest BCUT2D eigenvalue weighted by molar-refractivity contribution is 9.10. The molecule has 0 atom stereocenters. The van der Waals surface area contributed by atoms with Crippen LogP contribution in [0.3, 0.4) is 0 Å². The zero-order chi connectivity index (χ0) is 15.3. The maximum absolute atomic E-state index is 14.0. The highest BCUT2D eigenvalue weighted by Gasteiger charge is 2.39. The molecule has 2 aromatic rings. The molecular weight excluding hydrogens is 346 g/mol. The number of carbonyl (C=O) groups is 2. The van der Waals surface area contributed by atoms with Gasteiger partial charge >= 0.3 is 0 Å². The van der Waals surface area contributed by atoms with Crippen molar-refractivity contribution in [1.82, 2.24) is 0 Å². The molecule has 1 aliphatic heterocycles. The maximum atomic E-state index is 14.0. The number of halogens is 3. The lowest BCUT2D eigenvalue weighted by molar-refractivity contribution is 0.0925. The molecule has 0 aliphatic carbocycles. The molecule has 3 rings (SSSR count). The number of anilines is 2. The van der Waals surface area contributed by atoms with Crippen molar-refractivity contribution in [2.24, 2.45) is 0 Å². The van der Waals surface area contributed by atoms with E-state index in [1.807, 2.05) is 0 Å². The number of benzene rings is 2. The second kappa shape index (κ2) is 4.63. The number of nitrogen functional groups attached to an aromatic ring is 1. The lowest BCUT2D eigenvalue weighted by Gasteiger charge is -2.17. The summed E-state index contributed by atoms with van der Waals surface area (Å²) >= 11 is 3.19.